The first kappa shape index (κ1) is 11.4. The fraction of sp³-hybridized carbons (Fsp3) is 0.364. The molecule has 0 amide bonds. The summed E-state index contributed by atoms with van der Waals surface area (Å²) in [6.45, 7) is 1.16. The van der Waals surface area contributed by atoms with Gasteiger partial charge in [0.05, 0.1) is 18.4 Å². The second kappa shape index (κ2) is 4.39. The Morgan fingerprint density at radius 3 is 3.00 bits per heavy atom. The molecule has 6 nitrogen and oxygen atoms in total. The normalized spacial score (nSPS) is 13.6. The van der Waals surface area contributed by atoms with Crippen molar-refractivity contribution in [3.63, 3.8) is 0 Å². The van der Waals surface area contributed by atoms with Crippen molar-refractivity contribution in [3.8, 4) is 11.9 Å². The third kappa shape index (κ3) is 1.81. The highest BCUT2D eigenvalue weighted by Gasteiger charge is 2.26. The minimum Gasteiger partial charge on any atom is -0.480 e. The number of aromatic nitrogens is 1. The largest absolute Gasteiger partial charge is 0.480 e. The summed E-state index contributed by atoms with van der Waals surface area (Å²) in [5.74, 6) is -1.03. The van der Waals surface area contributed by atoms with E-state index in [-0.39, 0.29) is 17.0 Å². The van der Waals surface area contributed by atoms with Gasteiger partial charge in [-0.25, -0.2) is 9.78 Å². The Kier molecular flexibility index (Phi) is 2.93. The lowest BCUT2D eigenvalue weighted by Crippen LogP contribution is -2.27. The van der Waals surface area contributed by atoms with Crippen LogP contribution in [0.4, 0.5) is 0 Å². The van der Waals surface area contributed by atoms with Crippen LogP contribution < -0.4 is 10.1 Å². The molecule has 1 aliphatic heterocycles. The van der Waals surface area contributed by atoms with E-state index < -0.39 is 5.97 Å². The molecule has 0 saturated carbocycles. The van der Waals surface area contributed by atoms with E-state index in [2.05, 4.69) is 10.3 Å². The van der Waals surface area contributed by atoms with E-state index in [1.807, 2.05) is 6.07 Å². The molecule has 0 fully saturated rings. The molecule has 0 saturated heterocycles. The Hall–Kier alpha value is -2.13. The second-order valence-electron chi connectivity index (χ2n) is 3.64. The predicted octanol–water partition coefficient (Wildman–Crippen LogP) is 0.306. The summed E-state index contributed by atoms with van der Waals surface area (Å²) in [7, 11) is 1.38. The third-order valence-electron chi connectivity index (χ3n) is 2.71. The number of pyridine rings is 1. The van der Waals surface area contributed by atoms with E-state index in [0.717, 1.165) is 6.54 Å². The molecule has 0 unspecified atom stereocenters. The van der Waals surface area contributed by atoms with Crippen LogP contribution >= 0.6 is 0 Å². The van der Waals surface area contributed by atoms with E-state index in [1.54, 1.807) is 0 Å². The van der Waals surface area contributed by atoms with Crippen LogP contribution in [0.1, 0.15) is 27.2 Å². The highest BCUT2D eigenvalue weighted by atomic mass is 16.5. The average Bonchev–Trinajstić information content (AvgIpc) is 2.35. The van der Waals surface area contributed by atoms with E-state index >= 15 is 0 Å². The lowest BCUT2D eigenvalue weighted by molar-refractivity contribution is 0.0694. The highest BCUT2D eigenvalue weighted by Crippen LogP contribution is 2.27. The van der Waals surface area contributed by atoms with E-state index in [1.165, 1.54) is 7.11 Å². The zero-order valence-corrected chi connectivity index (χ0v) is 9.28. The van der Waals surface area contributed by atoms with Gasteiger partial charge in [-0.2, -0.15) is 5.26 Å². The van der Waals surface area contributed by atoms with Crippen molar-refractivity contribution in [1.82, 2.24) is 10.3 Å². The zero-order valence-electron chi connectivity index (χ0n) is 9.28. The Balaban J connectivity index is 2.75. The first-order chi connectivity index (χ1) is 8.19. The Labute approximate surface area is 97.8 Å². The fourth-order valence-electron chi connectivity index (χ4n) is 1.95. The monoisotopic (exact) mass is 233 g/mol. The number of carboxylic acids is 1. The maximum Gasteiger partial charge on any atom is 0.337 e. The van der Waals surface area contributed by atoms with Crippen LogP contribution in [0.25, 0.3) is 0 Å². The summed E-state index contributed by atoms with van der Waals surface area (Å²) in [4.78, 5) is 15.5. The van der Waals surface area contributed by atoms with Gasteiger partial charge in [0.25, 0.3) is 0 Å². The van der Waals surface area contributed by atoms with Crippen LogP contribution in [0.15, 0.2) is 0 Å². The summed E-state index contributed by atoms with van der Waals surface area (Å²) in [6.07, 6.45) is 0.637. The lowest BCUT2D eigenvalue weighted by atomic mass is 9.97. The summed E-state index contributed by atoms with van der Waals surface area (Å²) >= 11 is 0. The zero-order chi connectivity index (χ0) is 12.4. The molecular formula is C11H11N3O3. The molecule has 2 rings (SSSR count). The number of nitrogens with zero attached hydrogens (tertiary/aromatic N) is 2. The minimum atomic E-state index is -1.12. The Morgan fingerprint density at radius 1 is 1.65 bits per heavy atom. The van der Waals surface area contributed by atoms with Crippen LogP contribution in [0, 0.1) is 11.3 Å². The first-order valence-electron chi connectivity index (χ1n) is 5.13. The Morgan fingerprint density at radius 2 is 2.41 bits per heavy atom. The molecule has 1 aliphatic rings. The molecule has 1 aromatic rings. The quantitative estimate of drug-likeness (QED) is 0.763. The van der Waals surface area contributed by atoms with Crippen molar-refractivity contribution in [2.45, 2.75) is 13.0 Å². The van der Waals surface area contributed by atoms with Gasteiger partial charge in [-0.1, -0.05) is 0 Å². The summed E-state index contributed by atoms with van der Waals surface area (Å²) in [5.41, 5.74) is 1.27. The molecule has 6 heteroatoms. The van der Waals surface area contributed by atoms with Gasteiger partial charge >= 0.3 is 5.97 Å². The molecule has 0 atom stereocenters. The molecule has 17 heavy (non-hydrogen) atoms. The number of nitrogens with one attached hydrogen (secondary N) is 1. The number of aromatic carboxylic acids is 1. The van der Waals surface area contributed by atoms with Crippen molar-refractivity contribution in [2.24, 2.45) is 0 Å². The van der Waals surface area contributed by atoms with Gasteiger partial charge < -0.3 is 15.2 Å². The van der Waals surface area contributed by atoms with Crippen LogP contribution in [-0.4, -0.2) is 29.7 Å². The number of rotatable bonds is 2. The third-order valence-corrected chi connectivity index (χ3v) is 2.71. The van der Waals surface area contributed by atoms with Crippen molar-refractivity contribution < 1.29 is 14.6 Å². The molecule has 2 N–H and O–H groups in total. The molecule has 88 valence electrons. The summed E-state index contributed by atoms with van der Waals surface area (Å²) in [5, 5.41) is 21.3. The molecule has 1 aromatic heterocycles. The standard InChI is InChI=1S/C11H11N3O3/c1-17-10-6(4-12)9(11(15)16)7-5-13-3-2-8(7)14-10/h13H,2-3,5H2,1H3,(H,15,16). The first-order valence-corrected chi connectivity index (χ1v) is 5.13. The average molecular weight is 233 g/mol. The SMILES string of the molecule is COc1nc2c(c(C(=O)O)c1C#N)CNCC2. The predicted molar refractivity (Wildman–Crippen MR) is 57.9 cm³/mol. The molecule has 0 spiro atoms. The Bertz CT molecular complexity index is 520. The maximum absolute atomic E-state index is 11.3. The molecule has 0 bridgehead atoms. The van der Waals surface area contributed by atoms with Gasteiger partial charge in [0.2, 0.25) is 5.88 Å². The van der Waals surface area contributed by atoms with Crippen molar-refractivity contribution in [3.05, 3.63) is 22.4 Å². The fourth-order valence-corrected chi connectivity index (χ4v) is 1.95. The number of nitriles is 1. The van der Waals surface area contributed by atoms with E-state index in [9.17, 15) is 9.90 Å². The van der Waals surface area contributed by atoms with Crippen LogP contribution in [0.3, 0.4) is 0 Å². The molecule has 2 heterocycles. The number of methoxy groups -OCH3 is 1. The van der Waals surface area contributed by atoms with Gasteiger partial charge in [-0.05, 0) is 0 Å². The lowest BCUT2D eigenvalue weighted by Gasteiger charge is -2.20. The number of ether oxygens (including phenoxy) is 1. The van der Waals surface area contributed by atoms with Crippen molar-refractivity contribution >= 4 is 5.97 Å². The highest BCUT2D eigenvalue weighted by molar-refractivity contribution is 5.93. The summed E-state index contributed by atoms with van der Waals surface area (Å²) < 4.78 is 4.98. The van der Waals surface area contributed by atoms with Gasteiger partial charge in [-0.15, -0.1) is 0 Å². The van der Waals surface area contributed by atoms with Gasteiger partial charge in [0.15, 0.2) is 0 Å². The molecule has 0 aromatic carbocycles. The number of fused-ring (bicyclic) bond motifs is 1. The van der Waals surface area contributed by atoms with Crippen LogP contribution in [-0.2, 0) is 13.0 Å². The number of carbonyl (C=O) groups is 1. The second-order valence-corrected chi connectivity index (χ2v) is 3.64. The smallest absolute Gasteiger partial charge is 0.337 e. The topological polar surface area (TPSA) is 95.2 Å². The minimum absolute atomic E-state index is 0.00144. The molecular weight excluding hydrogens is 222 g/mol. The van der Waals surface area contributed by atoms with Gasteiger partial charge in [0, 0.05) is 25.1 Å². The van der Waals surface area contributed by atoms with Crippen LogP contribution in [0.2, 0.25) is 0 Å². The maximum atomic E-state index is 11.3. The van der Waals surface area contributed by atoms with Crippen molar-refractivity contribution in [2.75, 3.05) is 13.7 Å². The number of hydrogen-bond acceptors (Lipinski definition) is 5. The molecule has 0 radical (unpaired) electrons. The van der Waals surface area contributed by atoms with Gasteiger partial charge in [0.1, 0.15) is 11.6 Å². The van der Waals surface area contributed by atoms with Crippen molar-refractivity contribution in [1.29, 1.82) is 5.26 Å². The molecule has 0 aliphatic carbocycles. The van der Waals surface area contributed by atoms with E-state index in [0.29, 0.717) is 24.2 Å². The van der Waals surface area contributed by atoms with Crippen LogP contribution in [0.5, 0.6) is 5.88 Å². The van der Waals surface area contributed by atoms with Gasteiger partial charge in [-0.3, -0.25) is 0 Å². The number of carboxylic acid groups (broad SMARTS) is 1. The van der Waals surface area contributed by atoms with E-state index in [4.69, 9.17) is 10.00 Å². The number of hydrogen-bond donors (Lipinski definition) is 2. The summed E-state index contributed by atoms with van der Waals surface area (Å²) in [6, 6.07) is 1.85.